The van der Waals surface area contributed by atoms with Crippen LogP contribution in [0, 0.1) is 0 Å². The third-order valence-electron chi connectivity index (χ3n) is 5.01. The first-order valence-electron chi connectivity index (χ1n) is 9.12. The Hall–Kier alpha value is -1.88. The molecule has 0 aliphatic carbocycles. The van der Waals surface area contributed by atoms with E-state index < -0.39 is 0 Å². The molecule has 2 heterocycles. The molecule has 1 aromatic carbocycles. The molecule has 130 valence electrons. The zero-order valence-electron chi connectivity index (χ0n) is 14.2. The molecule has 0 saturated carbocycles. The lowest BCUT2D eigenvalue weighted by molar-refractivity contribution is -0.124. The Morgan fingerprint density at radius 1 is 1.00 bits per heavy atom. The molecule has 1 unspecified atom stereocenters. The summed E-state index contributed by atoms with van der Waals surface area (Å²) in [6.07, 6.45) is 5.49. The van der Waals surface area contributed by atoms with E-state index in [2.05, 4.69) is 10.2 Å². The summed E-state index contributed by atoms with van der Waals surface area (Å²) in [5.41, 5.74) is 0.658. The van der Waals surface area contributed by atoms with Crippen molar-refractivity contribution in [1.82, 2.24) is 15.1 Å². The number of nitrogens with one attached hydrogen (secondary N) is 1. The minimum Gasteiger partial charge on any atom is -0.353 e. The zero-order valence-corrected chi connectivity index (χ0v) is 14.2. The fourth-order valence-corrected chi connectivity index (χ4v) is 3.67. The standard InChI is InChI=1S/C19H27N3O2/c23-18(20-11-15-21-12-5-2-6-13-21)17-10-7-14-22(17)19(24)16-8-3-1-4-9-16/h1,3-4,8-9,17H,2,5-7,10-15H2,(H,20,23). The van der Waals surface area contributed by atoms with Gasteiger partial charge in [-0.15, -0.1) is 0 Å². The van der Waals surface area contributed by atoms with E-state index in [9.17, 15) is 9.59 Å². The molecule has 2 aliphatic rings. The molecular weight excluding hydrogens is 302 g/mol. The minimum atomic E-state index is -0.320. The SMILES string of the molecule is O=C(NCCN1CCCCC1)C1CCCN1C(=O)c1ccccc1. The molecule has 1 atom stereocenters. The molecule has 2 amide bonds. The van der Waals surface area contributed by atoms with Crippen LogP contribution in [0.25, 0.3) is 0 Å². The fraction of sp³-hybridized carbons (Fsp3) is 0.579. The van der Waals surface area contributed by atoms with Crippen molar-refractivity contribution in [3.8, 4) is 0 Å². The lowest BCUT2D eigenvalue weighted by Gasteiger charge is -2.27. The normalized spacial score (nSPS) is 21.7. The van der Waals surface area contributed by atoms with Gasteiger partial charge in [-0.2, -0.15) is 0 Å². The topological polar surface area (TPSA) is 52.7 Å². The molecule has 2 fully saturated rings. The Labute approximate surface area is 144 Å². The van der Waals surface area contributed by atoms with E-state index in [1.165, 1.54) is 19.3 Å². The second-order valence-corrected chi connectivity index (χ2v) is 6.72. The van der Waals surface area contributed by atoms with Gasteiger partial charge >= 0.3 is 0 Å². The number of hydrogen-bond acceptors (Lipinski definition) is 3. The average Bonchev–Trinajstić information content (AvgIpc) is 3.12. The van der Waals surface area contributed by atoms with Crippen LogP contribution in [0.3, 0.4) is 0 Å². The highest BCUT2D eigenvalue weighted by molar-refractivity contribution is 5.97. The number of piperidine rings is 1. The largest absolute Gasteiger partial charge is 0.353 e. The van der Waals surface area contributed by atoms with Crippen molar-refractivity contribution in [2.45, 2.75) is 38.1 Å². The maximum absolute atomic E-state index is 12.6. The van der Waals surface area contributed by atoms with Crippen molar-refractivity contribution in [1.29, 1.82) is 0 Å². The van der Waals surface area contributed by atoms with Crippen LogP contribution in [0.2, 0.25) is 0 Å². The first-order chi connectivity index (χ1) is 11.8. The summed E-state index contributed by atoms with van der Waals surface area (Å²) in [4.78, 5) is 29.3. The average molecular weight is 329 g/mol. The molecule has 1 aromatic rings. The molecule has 1 N–H and O–H groups in total. The first kappa shape index (κ1) is 17.0. The number of carbonyl (C=O) groups is 2. The number of benzene rings is 1. The summed E-state index contributed by atoms with van der Waals surface area (Å²) in [6.45, 7) is 4.52. The predicted octanol–water partition coefficient (Wildman–Crippen LogP) is 1.89. The van der Waals surface area contributed by atoms with Gasteiger partial charge in [-0.3, -0.25) is 9.59 Å². The van der Waals surface area contributed by atoms with Crippen molar-refractivity contribution in [2.75, 3.05) is 32.7 Å². The molecule has 0 spiro atoms. The molecule has 2 saturated heterocycles. The molecule has 5 heteroatoms. The van der Waals surface area contributed by atoms with E-state index >= 15 is 0 Å². The van der Waals surface area contributed by atoms with E-state index in [4.69, 9.17) is 0 Å². The zero-order chi connectivity index (χ0) is 16.8. The van der Waals surface area contributed by atoms with Crippen LogP contribution in [0.1, 0.15) is 42.5 Å². The lowest BCUT2D eigenvalue weighted by atomic mass is 10.1. The molecular formula is C19H27N3O2. The molecule has 5 nitrogen and oxygen atoms in total. The molecule has 0 aromatic heterocycles. The Kier molecular flexibility index (Phi) is 5.86. The third kappa shape index (κ3) is 4.15. The summed E-state index contributed by atoms with van der Waals surface area (Å²) < 4.78 is 0. The van der Waals surface area contributed by atoms with Crippen LogP contribution in [0.15, 0.2) is 30.3 Å². The van der Waals surface area contributed by atoms with Gasteiger partial charge in [-0.25, -0.2) is 0 Å². The monoisotopic (exact) mass is 329 g/mol. The van der Waals surface area contributed by atoms with Gasteiger partial charge in [0.05, 0.1) is 0 Å². The van der Waals surface area contributed by atoms with E-state index in [-0.39, 0.29) is 17.9 Å². The van der Waals surface area contributed by atoms with Crippen LogP contribution < -0.4 is 5.32 Å². The van der Waals surface area contributed by atoms with Crippen LogP contribution in [-0.4, -0.2) is 60.4 Å². The Morgan fingerprint density at radius 3 is 2.50 bits per heavy atom. The maximum atomic E-state index is 12.6. The minimum absolute atomic E-state index is 0.00575. The van der Waals surface area contributed by atoms with Crippen molar-refractivity contribution < 1.29 is 9.59 Å². The summed E-state index contributed by atoms with van der Waals surface area (Å²) in [5.74, 6) is -0.0435. The van der Waals surface area contributed by atoms with Gasteiger partial charge in [0.15, 0.2) is 0 Å². The second-order valence-electron chi connectivity index (χ2n) is 6.72. The van der Waals surface area contributed by atoms with Gasteiger partial charge in [0.2, 0.25) is 5.91 Å². The van der Waals surface area contributed by atoms with Crippen LogP contribution in [-0.2, 0) is 4.79 Å². The van der Waals surface area contributed by atoms with Gasteiger partial charge in [0.1, 0.15) is 6.04 Å². The smallest absolute Gasteiger partial charge is 0.254 e. The highest BCUT2D eigenvalue weighted by Crippen LogP contribution is 2.20. The van der Waals surface area contributed by atoms with Crippen molar-refractivity contribution in [3.63, 3.8) is 0 Å². The number of carbonyl (C=O) groups excluding carboxylic acids is 2. The van der Waals surface area contributed by atoms with Gasteiger partial charge in [-0.05, 0) is 50.9 Å². The molecule has 3 rings (SSSR count). The summed E-state index contributed by atoms with van der Waals surface area (Å²) in [6, 6.07) is 8.91. The van der Waals surface area contributed by atoms with Crippen LogP contribution >= 0.6 is 0 Å². The molecule has 24 heavy (non-hydrogen) atoms. The maximum Gasteiger partial charge on any atom is 0.254 e. The Bertz CT molecular complexity index is 555. The lowest BCUT2D eigenvalue weighted by Crippen LogP contribution is -2.47. The van der Waals surface area contributed by atoms with Gasteiger partial charge < -0.3 is 15.1 Å². The second kappa shape index (κ2) is 8.29. The summed E-state index contributed by atoms with van der Waals surface area (Å²) in [7, 11) is 0. The van der Waals surface area contributed by atoms with Gasteiger partial charge in [0, 0.05) is 25.2 Å². The number of likely N-dealkylation sites (tertiary alicyclic amines) is 2. The Balaban J connectivity index is 1.51. The van der Waals surface area contributed by atoms with Gasteiger partial charge in [0.25, 0.3) is 5.91 Å². The van der Waals surface area contributed by atoms with Crippen molar-refractivity contribution in [3.05, 3.63) is 35.9 Å². The highest BCUT2D eigenvalue weighted by Gasteiger charge is 2.34. The third-order valence-corrected chi connectivity index (χ3v) is 5.01. The van der Waals surface area contributed by atoms with E-state index in [1.807, 2.05) is 30.3 Å². The highest BCUT2D eigenvalue weighted by atomic mass is 16.2. The molecule has 2 aliphatic heterocycles. The van der Waals surface area contributed by atoms with E-state index in [1.54, 1.807) is 4.90 Å². The number of nitrogens with zero attached hydrogens (tertiary/aromatic N) is 2. The van der Waals surface area contributed by atoms with Crippen LogP contribution in [0.5, 0.6) is 0 Å². The predicted molar refractivity (Wildman–Crippen MR) is 93.8 cm³/mol. The Morgan fingerprint density at radius 2 is 1.75 bits per heavy atom. The summed E-state index contributed by atoms with van der Waals surface area (Å²) in [5, 5.41) is 3.03. The number of hydrogen-bond donors (Lipinski definition) is 1. The number of rotatable bonds is 5. The van der Waals surface area contributed by atoms with Crippen LogP contribution in [0.4, 0.5) is 0 Å². The molecule has 0 bridgehead atoms. The first-order valence-corrected chi connectivity index (χ1v) is 9.12. The summed E-state index contributed by atoms with van der Waals surface area (Å²) >= 11 is 0. The van der Waals surface area contributed by atoms with E-state index in [0.717, 1.165) is 32.5 Å². The quantitative estimate of drug-likeness (QED) is 0.897. The van der Waals surface area contributed by atoms with Crippen molar-refractivity contribution in [2.24, 2.45) is 0 Å². The molecule has 0 radical (unpaired) electrons. The van der Waals surface area contributed by atoms with E-state index in [0.29, 0.717) is 18.7 Å². The van der Waals surface area contributed by atoms with Crippen molar-refractivity contribution >= 4 is 11.8 Å². The van der Waals surface area contributed by atoms with Gasteiger partial charge in [-0.1, -0.05) is 24.6 Å². The number of amides is 2. The fourth-order valence-electron chi connectivity index (χ4n) is 3.67.